The van der Waals surface area contributed by atoms with E-state index in [-0.39, 0.29) is 18.5 Å². The number of rotatable bonds is 77. The van der Waals surface area contributed by atoms with Crippen molar-refractivity contribution < 1.29 is 24.5 Å². The van der Waals surface area contributed by atoms with E-state index in [2.05, 4.69) is 55.6 Å². The third kappa shape index (κ3) is 75.0. The van der Waals surface area contributed by atoms with Crippen molar-refractivity contribution in [2.24, 2.45) is 0 Å². The monoisotopic (exact) mass is 1250 g/mol. The molecule has 2 atom stereocenters. The number of esters is 1. The zero-order valence-electron chi connectivity index (χ0n) is 60.4. The van der Waals surface area contributed by atoms with Crippen LogP contribution < -0.4 is 5.32 Å². The summed E-state index contributed by atoms with van der Waals surface area (Å²) in [4.78, 5) is 24.7. The Morgan fingerprint density at radius 3 is 0.876 bits per heavy atom. The van der Waals surface area contributed by atoms with E-state index in [0.717, 1.165) is 51.4 Å². The van der Waals surface area contributed by atoms with Crippen molar-refractivity contribution in [3.63, 3.8) is 0 Å². The summed E-state index contributed by atoms with van der Waals surface area (Å²) in [5.74, 6) is -0.0189. The third-order valence-corrected chi connectivity index (χ3v) is 19.2. The van der Waals surface area contributed by atoms with E-state index >= 15 is 0 Å². The maximum atomic E-state index is 12.6. The minimum Gasteiger partial charge on any atom is -0.466 e. The van der Waals surface area contributed by atoms with Crippen LogP contribution in [-0.4, -0.2) is 47.4 Å². The molecular formula is C83H159NO5. The average Bonchev–Trinajstić information content (AvgIpc) is 3.55. The molecule has 0 heterocycles. The molecule has 2 unspecified atom stereocenters. The number of carbonyl (C=O) groups is 2. The van der Waals surface area contributed by atoms with Gasteiger partial charge in [0, 0.05) is 12.8 Å². The van der Waals surface area contributed by atoms with Crippen LogP contribution in [0.25, 0.3) is 0 Å². The van der Waals surface area contributed by atoms with Crippen LogP contribution in [0.15, 0.2) is 36.5 Å². The van der Waals surface area contributed by atoms with Gasteiger partial charge in [0.1, 0.15) is 0 Å². The maximum absolute atomic E-state index is 12.6. The second kappa shape index (κ2) is 78.5. The van der Waals surface area contributed by atoms with Gasteiger partial charge in [0.25, 0.3) is 0 Å². The SMILES string of the molecule is CCCCCC/C=C\C/C=C\CCCCCCCC(=O)OCCCCCCCCCCCCCCCC/C=C\CCCCCCCCCCCCCCCCCCCC(=O)NC(CO)C(O)CCCCCCCCCCCCCCCCCCCCCCC. The normalized spacial score (nSPS) is 12.6. The first-order valence-corrected chi connectivity index (χ1v) is 40.7. The first-order valence-electron chi connectivity index (χ1n) is 40.7. The van der Waals surface area contributed by atoms with Crippen LogP contribution in [0.1, 0.15) is 457 Å². The number of aliphatic hydroxyl groups is 2. The number of aliphatic hydroxyl groups excluding tert-OH is 2. The molecule has 0 spiro atoms. The summed E-state index contributed by atoms with van der Waals surface area (Å²) >= 11 is 0. The quantitative estimate of drug-likeness (QED) is 0.0320. The van der Waals surface area contributed by atoms with Crippen molar-refractivity contribution in [3.05, 3.63) is 36.5 Å². The fraction of sp³-hybridized carbons (Fsp3) is 0.904. The van der Waals surface area contributed by atoms with E-state index in [1.54, 1.807) is 0 Å². The van der Waals surface area contributed by atoms with Gasteiger partial charge in [0.2, 0.25) is 5.91 Å². The maximum Gasteiger partial charge on any atom is 0.305 e. The Morgan fingerprint density at radius 1 is 0.315 bits per heavy atom. The molecule has 0 rings (SSSR count). The van der Waals surface area contributed by atoms with Crippen LogP contribution in [0.5, 0.6) is 0 Å². The van der Waals surface area contributed by atoms with Crippen LogP contribution >= 0.6 is 0 Å². The molecule has 0 aromatic carbocycles. The Hall–Kier alpha value is -1.92. The number of hydrogen-bond acceptors (Lipinski definition) is 5. The van der Waals surface area contributed by atoms with Crippen molar-refractivity contribution in [1.82, 2.24) is 5.32 Å². The summed E-state index contributed by atoms with van der Waals surface area (Å²) in [5.41, 5.74) is 0. The largest absolute Gasteiger partial charge is 0.466 e. The smallest absolute Gasteiger partial charge is 0.305 e. The number of hydrogen-bond donors (Lipinski definition) is 3. The number of ether oxygens (including phenoxy) is 1. The molecule has 6 nitrogen and oxygen atoms in total. The van der Waals surface area contributed by atoms with E-state index in [1.165, 1.54) is 372 Å². The number of allylic oxidation sites excluding steroid dienone is 6. The molecular weight excluding hydrogens is 1090 g/mol. The lowest BCUT2D eigenvalue weighted by Crippen LogP contribution is -2.45. The van der Waals surface area contributed by atoms with Crippen molar-refractivity contribution in [2.75, 3.05) is 13.2 Å². The van der Waals surface area contributed by atoms with Gasteiger partial charge in [0.15, 0.2) is 0 Å². The Bertz CT molecular complexity index is 1440. The lowest BCUT2D eigenvalue weighted by Gasteiger charge is -2.22. The molecule has 0 aliphatic rings. The topological polar surface area (TPSA) is 95.9 Å². The van der Waals surface area contributed by atoms with Crippen LogP contribution in [-0.2, 0) is 14.3 Å². The predicted molar refractivity (Wildman–Crippen MR) is 393 cm³/mol. The highest BCUT2D eigenvalue weighted by Crippen LogP contribution is 2.20. The standard InChI is InChI=1S/C83H159NO5/c1-3-5-7-9-11-13-15-17-19-21-22-38-41-44-47-51-55-59-63-67-71-75-81(86)80(79-85)84-82(87)76-72-68-64-60-56-52-48-45-42-39-36-34-32-30-28-26-24-23-25-27-29-31-33-35-37-40-43-46-50-54-58-62-66-70-74-78-89-83(88)77-73-69-65-61-57-53-49-20-18-16-14-12-10-8-6-4-2/h14,16,20,25,27,49,80-81,85-86H,3-13,15,17-19,21-24,26,28-48,50-79H2,1-2H3,(H,84,87)/b16-14-,27-25-,49-20-. The Morgan fingerprint density at radius 2 is 0.562 bits per heavy atom. The van der Waals surface area contributed by atoms with Gasteiger partial charge in [-0.05, 0) is 83.5 Å². The lowest BCUT2D eigenvalue weighted by molar-refractivity contribution is -0.143. The molecule has 0 bridgehead atoms. The second-order valence-electron chi connectivity index (χ2n) is 28.1. The summed E-state index contributed by atoms with van der Waals surface area (Å²) in [5, 5.41) is 23.5. The first-order chi connectivity index (χ1) is 44.0. The highest BCUT2D eigenvalue weighted by molar-refractivity contribution is 5.76. The van der Waals surface area contributed by atoms with Gasteiger partial charge in [-0.2, -0.15) is 0 Å². The van der Waals surface area contributed by atoms with E-state index in [0.29, 0.717) is 25.9 Å². The van der Waals surface area contributed by atoms with Gasteiger partial charge in [-0.3, -0.25) is 9.59 Å². The second-order valence-corrected chi connectivity index (χ2v) is 28.1. The third-order valence-electron chi connectivity index (χ3n) is 19.2. The van der Waals surface area contributed by atoms with Gasteiger partial charge in [-0.25, -0.2) is 0 Å². The summed E-state index contributed by atoms with van der Waals surface area (Å²) in [6, 6.07) is -0.540. The summed E-state index contributed by atoms with van der Waals surface area (Å²) in [6.45, 7) is 4.98. The van der Waals surface area contributed by atoms with Crippen LogP contribution in [0.2, 0.25) is 0 Å². The van der Waals surface area contributed by atoms with E-state index < -0.39 is 12.1 Å². The molecule has 3 N–H and O–H groups in total. The van der Waals surface area contributed by atoms with Crippen LogP contribution in [0.3, 0.4) is 0 Å². The van der Waals surface area contributed by atoms with E-state index in [4.69, 9.17) is 4.74 Å². The van der Waals surface area contributed by atoms with Gasteiger partial charge < -0.3 is 20.3 Å². The summed E-state index contributed by atoms with van der Waals surface area (Å²) < 4.78 is 5.50. The van der Waals surface area contributed by atoms with E-state index in [1.807, 2.05) is 0 Å². The molecule has 526 valence electrons. The average molecular weight is 1250 g/mol. The molecule has 89 heavy (non-hydrogen) atoms. The molecule has 1 amide bonds. The minimum atomic E-state index is -0.663. The van der Waals surface area contributed by atoms with Gasteiger partial charge in [0.05, 0.1) is 25.4 Å². The minimum absolute atomic E-state index is 0.00745. The Kier molecular flexibility index (Phi) is 76.8. The molecule has 6 heteroatoms. The molecule has 0 fully saturated rings. The molecule has 0 saturated carbocycles. The van der Waals surface area contributed by atoms with Crippen molar-refractivity contribution >= 4 is 11.9 Å². The number of carbonyl (C=O) groups excluding carboxylic acids is 2. The molecule has 0 aromatic heterocycles. The number of nitrogens with one attached hydrogen (secondary N) is 1. The predicted octanol–water partition coefficient (Wildman–Crippen LogP) is 27.0. The molecule has 0 saturated heterocycles. The number of unbranched alkanes of at least 4 members (excludes halogenated alkanes) is 60. The fourth-order valence-corrected chi connectivity index (χ4v) is 13.0. The zero-order chi connectivity index (χ0) is 64.2. The Balaban J connectivity index is 3.35. The van der Waals surface area contributed by atoms with E-state index in [9.17, 15) is 19.8 Å². The zero-order valence-corrected chi connectivity index (χ0v) is 60.4. The lowest BCUT2D eigenvalue weighted by atomic mass is 10.0. The van der Waals surface area contributed by atoms with Crippen LogP contribution in [0, 0.1) is 0 Å². The highest BCUT2D eigenvalue weighted by Gasteiger charge is 2.20. The van der Waals surface area contributed by atoms with Crippen molar-refractivity contribution in [2.45, 2.75) is 469 Å². The van der Waals surface area contributed by atoms with Crippen molar-refractivity contribution in [1.29, 1.82) is 0 Å². The first kappa shape index (κ1) is 87.1. The van der Waals surface area contributed by atoms with Crippen molar-refractivity contribution in [3.8, 4) is 0 Å². The molecule has 0 aliphatic heterocycles. The molecule has 0 radical (unpaired) electrons. The van der Waals surface area contributed by atoms with Gasteiger partial charge in [-0.1, -0.05) is 397 Å². The Labute approximate surface area is 557 Å². The summed E-state index contributed by atoms with van der Waals surface area (Å²) in [6.07, 6.45) is 102. The van der Waals surface area contributed by atoms with Gasteiger partial charge in [-0.15, -0.1) is 0 Å². The summed E-state index contributed by atoms with van der Waals surface area (Å²) in [7, 11) is 0. The fourth-order valence-electron chi connectivity index (χ4n) is 13.0. The highest BCUT2D eigenvalue weighted by atomic mass is 16.5. The van der Waals surface area contributed by atoms with Gasteiger partial charge >= 0.3 is 5.97 Å². The molecule has 0 aliphatic carbocycles. The number of amides is 1. The molecule has 0 aromatic rings. The van der Waals surface area contributed by atoms with Crippen LogP contribution in [0.4, 0.5) is 0 Å².